The molecular formula is C15H23IN6O. The van der Waals surface area contributed by atoms with Crippen molar-refractivity contribution in [2.24, 2.45) is 10.7 Å². The van der Waals surface area contributed by atoms with Crippen LogP contribution in [0.3, 0.4) is 0 Å². The fourth-order valence-corrected chi connectivity index (χ4v) is 2.60. The number of rotatable bonds is 4. The van der Waals surface area contributed by atoms with E-state index in [-0.39, 0.29) is 24.0 Å². The molecule has 8 heteroatoms. The number of aromatic nitrogens is 3. The zero-order valence-corrected chi connectivity index (χ0v) is 15.4. The third-order valence-electron chi connectivity index (χ3n) is 3.83. The Labute approximate surface area is 152 Å². The number of nitrogens with two attached hydrogens (primary N) is 1. The van der Waals surface area contributed by atoms with Crippen LogP contribution in [0.5, 0.6) is 0 Å². The lowest BCUT2D eigenvalue weighted by atomic mass is 10.2. The molecule has 0 aromatic carbocycles. The summed E-state index contributed by atoms with van der Waals surface area (Å²) in [7, 11) is 0. The maximum absolute atomic E-state index is 6.08. The molecule has 0 saturated carbocycles. The number of likely N-dealkylation sites (tertiary alicyclic amines) is 1. The number of nitrogens with zero attached hydrogens (tertiary/aromatic N) is 4. The minimum absolute atomic E-state index is 0. The number of hydrogen-bond donors (Lipinski definition) is 2. The first-order valence-electron chi connectivity index (χ1n) is 7.83. The van der Waals surface area contributed by atoms with Gasteiger partial charge >= 0.3 is 0 Å². The molecule has 3 heterocycles. The summed E-state index contributed by atoms with van der Waals surface area (Å²) in [4.78, 5) is 11.0. The van der Waals surface area contributed by atoms with Gasteiger partial charge in [0, 0.05) is 26.1 Å². The molecule has 7 nitrogen and oxygen atoms in total. The van der Waals surface area contributed by atoms with Crippen LogP contribution in [0, 0.1) is 0 Å². The highest BCUT2D eigenvalue weighted by Crippen LogP contribution is 2.14. The van der Waals surface area contributed by atoms with Crippen molar-refractivity contribution in [1.29, 1.82) is 0 Å². The number of guanidine groups is 1. The van der Waals surface area contributed by atoms with Crippen LogP contribution in [0.25, 0.3) is 11.6 Å². The second-order valence-corrected chi connectivity index (χ2v) is 5.47. The lowest BCUT2D eigenvalue weighted by molar-refractivity contribution is 0.428. The average Bonchev–Trinajstić information content (AvgIpc) is 3.13. The fourth-order valence-electron chi connectivity index (χ4n) is 2.60. The van der Waals surface area contributed by atoms with Crippen LogP contribution in [-0.4, -0.2) is 45.7 Å². The molecule has 0 atom stereocenters. The number of H-pyrrole nitrogens is 1. The van der Waals surface area contributed by atoms with E-state index in [4.69, 9.17) is 10.2 Å². The number of aromatic amines is 1. The standard InChI is InChI=1S/C15H22N6O.HI/c16-15(21-9-3-1-2-4-10-21)17-8-7-13-18-14(20-19-13)12-6-5-11-22-12;/h5-6,11H,1-4,7-10H2,(H2,16,17)(H,18,19,20);1H. The Morgan fingerprint density at radius 1 is 1.30 bits per heavy atom. The van der Waals surface area contributed by atoms with Crippen LogP contribution < -0.4 is 5.73 Å². The molecule has 3 rings (SSSR count). The number of halogens is 1. The van der Waals surface area contributed by atoms with Crippen molar-refractivity contribution < 1.29 is 4.42 Å². The van der Waals surface area contributed by atoms with Crippen LogP contribution >= 0.6 is 24.0 Å². The Hall–Kier alpha value is -1.58. The molecule has 0 unspecified atom stereocenters. The Morgan fingerprint density at radius 3 is 2.78 bits per heavy atom. The number of hydrogen-bond acceptors (Lipinski definition) is 4. The molecule has 0 radical (unpaired) electrons. The Bertz CT molecular complexity index is 601. The van der Waals surface area contributed by atoms with Gasteiger partial charge in [-0.25, -0.2) is 4.98 Å². The maximum atomic E-state index is 6.08. The molecule has 126 valence electrons. The van der Waals surface area contributed by atoms with E-state index in [0.29, 0.717) is 30.5 Å². The van der Waals surface area contributed by atoms with Crippen molar-refractivity contribution in [2.75, 3.05) is 19.6 Å². The van der Waals surface area contributed by atoms with Crippen LogP contribution in [0.4, 0.5) is 0 Å². The van der Waals surface area contributed by atoms with E-state index in [9.17, 15) is 0 Å². The molecule has 1 fully saturated rings. The molecule has 3 N–H and O–H groups in total. The third-order valence-corrected chi connectivity index (χ3v) is 3.83. The van der Waals surface area contributed by atoms with Crippen molar-refractivity contribution in [2.45, 2.75) is 32.1 Å². The quantitative estimate of drug-likeness (QED) is 0.441. The van der Waals surface area contributed by atoms with E-state index < -0.39 is 0 Å². The van der Waals surface area contributed by atoms with Crippen LogP contribution in [0.1, 0.15) is 31.5 Å². The molecule has 0 amide bonds. The SMILES string of the molecule is I.NC(=NCCc1nc(-c2ccco2)n[nH]1)N1CCCCCC1. The monoisotopic (exact) mass is 430 g/mol. The van der Waals surface area contributed by atoms with Crippen LogP contribution in [0.2, 0.25) is 0 Å². The summed E-state index contributed by atoms with van der Waals surface area (Å²) in [5.41, 5.74) is 6.08. The number of nitrogens with one attached hydrogen (secondary N) is 1. The van der Waals surface area contributed by atoms with Gasteiger partial charge < -0.3 is 15.1 Å². The molecule has 2 aromatic rings. The summed E-state index contributed by atoms with van der Waals surface area (Å²) in [5.74, 6) is 2.67. The molecule has 0 aliphatic carbocycles. The first-order chi connectivity index (χ1) is 10.8. The largest absolute Gasteiger partial charge is 0.461 e. The minimum atomic E-state index is 0. The van der Waals surface area contributed by atoms with Gasteiger partial charge in [-0.05, 0) is 25.0 Å². The lowest BCUT2D eigenvalue weighted by Gasteiger charge is -2.20. The first-order valence-corrected chi connectivity index (χ1v) is 7.83. The highest BCUT2D eigenvalue weighted by atomic mass is 127. The summed E-state index contributed by atoms with van der Waals surface area (Å²) in [6.45, 7) is 2.63. The summed E-state index contributed by atoms with van der Waals surface area (Å²) >= 11 is 0. The second-order valence-electron chi connectivity index (χ2n) is 5.47. The van der Waals surface area contributed by atoms with Crippen LogP contribution in [-0.2, 0) is 6.42 Å². The van der Waals surface area contributed by atoms with E-state index in [2.05, 4.69) is 25.1 Å². The molecule has 1 saturated heterocycles. The van der Waals surface area contributed by atoms with Crippen molar-refractivity contribution in [3.05, 3.63) is 24.2 Å². The fraction of sp³-hybridized carbons (Fsp3) is 0.533. The molecule has 0 spiro atoms. The van der Waals surface area contributed by atoms with Gasteiger partial charge in [-0.3, -0.25) is 10.1 Å². The minimum Gasteiger partial charge on any atom is -0.461 e. The molecule has 2 aromatic heterocycles. The van der Waals surface area contributed by atoms with Gasteiger partial charge in [-0.1, -0.05) is 12.8 Å². The Balaban J connectivity index is 0.00000192. The normalized spacial score (nSPS) is 16.0. The van der Waals surface area contributed by atoms with Gasteiger partial charge in [0.1, 0.15) is 5.82 Å². The van der Waals surface area contributed by atoms with Crippen molar-refractivity contribution >= 4 is 29.9 Å². The van der Waals surface area contributed by atoms with Gasteiger partial charge in [0.05, 0.1) is 6.26 Å². The number of furan rings is 1. The van der Waals surface area contributed by atoms with Gasteiger partial charge in [0.15, 0.2) is 11.7 Å². The summed E-state index contributed by atoms with van der Waals surface area (Å²) in [6.07, 6.45) is 7.27. The smallest absolute Gasteiger partial charge is 0.216 e. The zero-order chi connectivity index (χ0) is 15.2. The maximum Gasteiger partial charge on any atom is 0.216 e. The Morgan fingerprint density at radius 2 is 2.09 bits per heavy atom. The van der Waals surface area contributed by atoms with Gasteiger partial charge in [0.25, 0.3) is 0 Å². The van der Waals surface area contributed by atoms with E-state index in [0.717, 1.165) is 18.9 Å². The Kier molecular flexibility index (Phi) is 6.87. The first kappa shape index (κ1) is 17.8. The predicted molar refractivity (Wildman–Crippen MR) is 99.7 cm³/mol. The van der Waals surface area contributed by atoms with E-state index in [1.807, 2.05) is 12.1 Å². The molecule has 23 heavy (non-hydrogen) atoms. The molecular weight excluding hydrogens is 407 g/mol. The van der Waals surface area contributed by atoms with Gasteiger partial charge in [-0.15, -0.1) is 24.0 Å². The highest BCUT2D eigenvalue weighted by Gasteiger charge is 2.11. The predicted octanol–water partition coefficient (Wildman–Crippen LogP) is 2.42. The molecule has 1 aliphatic rings. The van der Waals surface area contributed by atoms with Crippen molar-refractivity contribution in [3.63, 3.8) is 0 Å². The van der Waals surface area contributed by atoms with Crippen molar-refractivity contribution in [3.8, 4) is 11.6 Å². The summed E-state index contributed by atoms with van der Waals surface area (Å²) in [6, 6.07) is 3.65. The van der Waals surface area contributed by atoms with Crippen molar-refractivity contribution in [1.82, 2.24) is 20.1 Å². The molecule has 0 bridgehead atoms. The number of aliphatic imine (C=N–C) groups is 1. The summed E-state index contributed by atoms with van der Waals surface area (Å²) in [5, 5.41) is 7.05. The summed E-state index contributed by atoms with van der Waals surface area (Å²) < 4.78 is 5.27. The van der Waals surface area contributed by atoms with E-state index >= 15 is 0 Å². The topological polar surface area (TPSA) is 96.3 Å². The average molecular weight is 430 g/mol. The van der Waals surface area contributed by atoms with Gasteiger partial charge in [-0.2, -0.15) is 5.10 Å². The lowest BCUT2D eigenvalue weighted by Crippen LogP contribution is -2.38. The second kappa shape index (κ2) is 8.90. The van der Waals surface area contributed by atoms with Crippen LogP contribution in [0.15, 0.2) is 27.8 Å². The highest BCUT2D eigenvalue weighted by molar-refractivity contribution is 14.0. The van der Waals surface area contributed by atoms with Gasteiger partial charge in [0.2, 0.25) is 5.82 Å². The third kappa shape index (κ3) is 4.95. The van der Waals surface area contributed by atoms with E-state index in [1.165, 1.54) is 25.7 Å². The van der Waals surface area contributed by atoms with E-state index in [1.54, 1.807) is 6.26 Å². The zero-order valence-electron chi connectivity index (χ0n) is 13.1. The molecule has 1 aliphatic heterocycles.